The van der Waals surface area contributed by atoms with Crippen molar-refractivity contribution in [1.82, 2.24) is 5.32 Å². The van der Waals surface area contributed by atoms with Gasteiger partial charge in [-0.25, -0.2) is 0 Å². The first kappa shape index (κ1) is 16.0. The molecule has 2 rings (SSSR count). The summed E-state index contributed by atoms with van der Waals surface area (Å²) in [4.78, 5) is 28.1. The second-order valence-corrected chi connectivity index (χ2v) is 5.97. The number of hydrogen-bond donors (Lipinski definition) is 2. The fraction of sp³-hybridized carbons (Fsp3) is 0.438. The van der Waals surface area contributed by atoms with Crippen molar-refractivity contribution < 1.29 is 19.5 Å². The highest BCUT2D eigenvalue weighted by atomic mass is 16.6. The quantitative estimate of drug-likeness (QED) is 0.840. The Hall–Kier alpha value is -2.37. The molecule has 0 aromatic heterocycles. The van der Waals surface area contributed by atoms with Crippen LogP contribution in [0.2, 0.25) is 0 Å². The summed E-state index contributed by atoms with van der Waals surface area (Å²) in [5.41, 5.74) is 1.07. The van der Waals surface area contributed by atoms with E-state index in [1.165, 1.54) is 0 Å². The Labute approximate surface area is 129 Å². The minimum Gasteiger partial charge on any atom is -0.481 e. The first-order valence-electron chi connectivity index (χ1n) is 7.19. The average molecular weight is 304 g/mol. The van der Waals surface area contributed by atoms with Crippen LogP contribution in [0.15, 0.2) is 35.5 Å². The zero-order valence-corrected chi connectivity index (χ0v) is 12.7. The van der Waals surface area contributed by atoms with E-state index in [0.29, 0.717) is 12.8 Å². The third kappa shape index (κ3) is 4.31. The largest absolute Gasteiger partial charge is 0.481 e. The smallest absolute Gasteiger partial charge is 0.303 e. The van der Waals surface area contributed by atoms with Crippen molar-refractivity contribution in [1.29, 1.82) is 0 Å². The van der Waals surface area contributed by atoms with E-state index >= 15 is 0 Å². The van der Waals surface area contributed by atoms with Crippen LogP contribution in [-0.2, 0) is 14.4 Å². The highest BCUT2D eigenvalue weighted by Gasteiger charge is 2.32. The van der Waals surface area contributed by atoms with Gasteiger partial charge in [0.2, 0.25) is 6.10 Å². The first-order valence-corrected chi connectivity index (χ1v) is 7.19. The van der Waals surface area contributed by atoms with Gasteiger partial charge in [-0.1, -0.05) is 35.5 Å². The molecule has 1 aliphatic heterocycles. The summed E-state index contributed by atoms with van der Waals surface area (Å²) in [5, 5.41) is 15.5. The fourth-order valence-corrected chi connectivity index (χ4v) is 2.21. The molecule has 1 aliphatic rings. The van der Waals surface area contributed by atoms with Crippen LogP contribution in [0.1, 0.15) is 38.7 Å². The van der Waals surface area contributed by atoms with E-state index in [1.807, 2.05) is 30.3 Å². The molecule has 0 saturated heterocycles. The minimum atomic E-state index is -0.880. The van der Waals surface area contributed by atoms with Crippen molar-refractivity contribution >= 4 is 17.6 Å². The molecule has 1 aromatic carbocycles. The Morgan fingerprint density at radius 2 is 2.05 bits per heavy atom. The minimum absolute atomic E-state index is 0.00453. The number of benzene rings is 1. The molecular weight excluding hydrogens is 284 g/mol. The van der Waals surface area contributed by atoms with Crippen LogP contribution in [0.3, 0.4) is 0 Å². The zero-order chi connectivity index (χ0) is 16.2. The predicted molar refractivity (Wildman–Crippen MR) is 81.6 cm³/mol. The van der Waals surface area contributed by atoms with Crippen molar-refractivity contribution in [2.45, 2.75) is 44.8 Å². The Morgan fingerprint density at radius 3 is 2.68 bits per heavy atom. The molecule has 0 radical (unpaired) electrons. The lowest BCUT2D eigenvalue weighted by Crippen LogP contribution is -2.48. The molecule has 1 atom stereocenters. The van der Waals surface area contributed by atoms with Gasteiger partial charge in [-0.3, -0.25) is 9.59 Å². The Balaban J connectivity index is 1.89. The zero-order valence-electron chi connectivity index (χ0n) is 12.7. The number of aliphatic carboxylic acids is 1. The number of carboxylic acids is 1. The number of nitrogens with one attached hydrogen (secondary N) is 1. The molecule has 0 saturated carbocycles. The summed E-state index contributed by atoms with van der Waals surface area (Å²) < 4.78 is 0. The molecule has 0 bridgehead atoms. The van der Waals surface area contributed by atoms with Crippen LogP contribution in [0.4, 0.5) is 0 Å². The molecule has 0 aliphatic carbocycles. The molecule has 6 nitrogen and oxygen atoms in total. The Morgan fingerprint density at radius 1 is 1.36 bits per heavy atom. The van der Waals surface area contributed by atoms with Crippen molar-refractivity contribution in [2.24, 2.45) is 5.16 Å². The van der Waals surface area contributed by atoms with Crippen molar-refractivity contribution in [3.63, 3.8) is 0 Å². The maximum atomic E-state index is 12.2. The molecule has 0 spiro atoms. The van der Waals surface area contributed by atoms with E-state index < -0.39 is 17.6 Å². The summed E-state index contributed by atoms with van der Waals surface area (Å²) in [7, 11) is 0. The maximum Gasteiger partial charge on any atom is 0.303 e. The molecule has 1 amide bonds. The molecule has 0 fully saturated rings. The van der Waals surface area contributed by atoms with Crippen LogP contribution in [0.5, 0.6) is 0 Å². The van der Waals surface area contributed by atoms with Crippen molar-refractivity contribution in [3.8, 4) is 0 Å². The summed E-state index contributed by atoms with van der Waals surface area (Å²) in [5.74, 6) is -1.15. The lowest BCUT2D eigenvalue weighted by atomic mass is 9.97. The van der Waals surface area contributed by atoms with Gasteiger partial charge < -0.3 is 15.3 Å². The Bertz CT molecular complexity index is 581. The fourth-order valence-electron chi connectivity index (χ4n) is 2.21. The van der Waals surface area contributed by atoms with Gasteiger partial charge in [0.25, 0.3) is 5.91 Å². The molecule has 22 heavy (non-hydrogen) atoms. The van der Waals surface area contributed by atoms with E-state index in [9.17, 15) is 9.59 Å². The number of nitrogens with zero attached hydrogens (tertiary/aromatic N) is 1. The second-order valence-electron chi connectivity index (χ2n) is 5.97. The molecule has 1 heterocycles. The predicted octanol–water partition coefficient (Wildman–Crippen LogP) is 1.94. The van der Waals surface area contributed by atoms with Crippen LogP contribution >= 0.6 is 0 Å². The van der Waals surface area contributed by atoms with Gasteiger partial charge in [-0.2, -0.15) is 0 Å². The van der Waals surface area contributed by atoms with Gasteiger partial charge in [-0.05, 0) is 25.8 Å². The highest BCUT2D eigenvalue weighted by Crippen LogP contribution is 2.18. The van der Waals surface area contributed by atoms with E-state index in [0.717, 1.165) is 11.3 Å². The van der Waals surface area contributed by atoms with Crippen LogP contribution < -0.4 is 5.32 Å². The highest BCUT2D eigenvalue weighted by molar-refractivity contribution is 6.04. The van der Waals surface area contributed by atoms with Gasteiger partial charge in [0.05, 0.1) is 5.71 Å². The average Bonchev–Trinajstić information content (AvgIpc) is 2.96. The van der Waals surface area contributed by atoms with E-state index in [4.69, 9.17) is 9.94 Å². The molecule has 118 valence electrons. The number of oxime groups is 1. The third-order valence-electron chi connectivity index (χ3n) is 3.49. The summed E-state index contributed by atoms with van der Waals surface area (Å²) in [6.07, 6.45) is 0.0992. The third-order valence-corrected chi connectivity index (χ3v) is 3.49. The SMILES string of the molecule is CC(C)(CCC(=O)O)NC(=O)C1CC(c2ccccc2)=NO1. The number of rotatable bonds is 6. The number of carboxylic acid groups (broad SMARTS) is 1. The van der Waals surface area contributed by atoms with E-state index in [-0.39, 0.29) is 12.3 Å². The standard InChI is InChI=1S/C16H20N2O4/c1-16(2,9-8-14(19)20)17-15(21)13-10-12(18-22-13)11-6-4-3-5-7-11/h3-7,13H,8-10H2,1-2H3,(H,17,21)(H,19,20). The number of hydrogen-bond acceptors (Lipinski definition) is 4. The number of amides is 1. The normalized spacial score (nSPS) is 17.5. The molecule has 2 N–H and O–H groups in total. The molecule has 1 unspecified atom stereocenters. The van der Waals surface area contributed by atoms with Crippen LogP contribution in [0, 0.1) is 0 Å². The lowest BCUT2D eigenvalue weighted by molar-refractivity contribution is -0.138. The van der Waals surface area contributed by atoms with Crippen molar-refractivity contribution in [3.05, 3.63) is 35.9 Å². The summed E-state index contributed by atoms with van der Waals surface area (Å²) in [6.45, 7) is 3.59. The van der Waals surface area contributed by atoms with Gasteiger partial charge in [0.1, 0.15) is 0 Å². The number of carbonyl (C=O) groups excluding carboxylic acids is 1. The van der Waals surface area contributed by atoms with Crippen LogP contribution in [0.25, 0.3) is 0 Å². The first-order chi connectivity index (χ1) is 10.4. The summed E-state index contributed by atoms with van der Waals surface area (Å²) >= 11 is 0. The molecule has 6 heteroatoms. The van der Waals surface area contributed by atoms with Gasteiger partial charge in [-0.15, -0.1) is 0 Å². The number of carbonyl (C=O) groups is 2. The van der Waals surface area contributed by atoms with E-state index in [1.54, 1.807) is 13.8 Å². The van der Waals surface area contributed by atoms with Gasteiger partial charge in [0, 0.05) is 18.4 Å². The topological polar surface area (TPSA) is 88.0 Å². The monoisotopic (exact) mass is 304 g/mol. The second kappa shape index (κ2) is 6.60. The molecule has 1 aromatic rings. The van der Waals surface area contributed by atoms with Gasteiger partial charge >= 0.3 is 5.97 Å². The van der Waals surface area contributed by atoms with E-state index in [2.05, 4.69) is 10.5 Å². The van der Waals surface area contributed by atoms with Crippen molar-refractivity contribution in [2.75, 3.05) is 0 Å². The lowest BCUT2D eigenvalue weighted by Gasteiger charge is -2.26. The Kier molecular flexibility index (Phi) is 4.80. The van der Waals surface area contributed by atoms with Crippen LogP contribution in [-0.4, -0.2) is 34.3 Å². The summed E-state index contributed by atoms with van der Waals surface area (Å²) in [6, 6.07) is 9.55. The van der Waals surface area contributed by atoms with Gasteiger partial charge in [0.15, 0.2) is 0 Å². The maximum absolute atomic E-state index is 12.2. The molecular formula is C16H20N2O4.